The molecule has 0 aliphatic heterocycles. The second kappa shape index (κ2) is 6.85. The van der Waals surface area contributed by atoms with E-state index in [2.05, 4.69) is 0 Å². The Morgan fingerprint density at radius 3 is 2.81 bits per heavy atom. The van der Waals surface area contributed by atoms with E-state index in [0.29, 0.717) is 11.3 Å². The molecule has 0 spiro atoms. The number of aryl methyl sites for hydroxylation is 1. The van der Waals surface area contributed by atoms with Gasteiger partial charge in [-0.05, 0) is 48.2 Å². The van der Waals surface area contributed by atoms with Crippen molar-refractivity contribution in [1.82, 2.24) is 0 Å². The normalized spacial score (nSPS) is 10.7. The molecule has 0 bridgehead atoms. The van der Waals surface area contributed by atoms with Crippen molar-refractivity contribution in [3.05, 3.63) is 57.8 Å². The summed E-state index contributed by atoms with van der Waals surface area (Å²) >= 11 is 1.57. The highest BCUT2D eigenvalue weighted by molar-refractivity contribution is 7.11. The number of thiophene rings is 1. The largest absolute Gasteiger partial charge is 0.482 e. The maximum atomic E-state index is 12.1. The fourth-order valence-corrected chi connectivity index (χ4v) is 2.51. The molecule has 108 valence electrons. The standard InChI is InChI=1S/C16H14O4S/c1-11-7-8-21-15(11)6-5-14(17)12-3-2-4-13(9-12)20-10-16(18)19/h2-9H,10H2,1H3,(H,18,19)/b6-5+. The van der Waals surface area contributed by atoms with Crippen LogP contribution in [0.5, 0.6) is 5.75 Å². The van der Waals surface area contributed by atoms with E-state index in [1.807, 2.05) is 18.4 Å². The van der Waals surface area contributed by atoms with Gasteiger partial charge in [-0.25, -0.2) is 4.79 Å². The number of benzene rings is 1. The highest BCUT2D eigenvalue weighted by Gasteiger charge is 2.05. The Morgan fingerprint density at radius 2 is 2.14 bits per heavy atom. The van der Waals surface area contributed by atoms with Gasteiger partial charge in [-0.3, -0.25) is 4.79 Å². The lowest BCUT2D eigenvalue weighted by atomic mass is 10.1. The summed E-state index contributed by atoms with van der Waals surface area (Å²) in [5.74, 6) is -0.840. The third-order valence-electron chi connectivity index (χ3n) is 2.77. The second-order valence-corrected chi connectivity index (χ2v) is 5.32. The van der Waals surface area contributed by atoms with E-state index in [1.54, 1.807) is 35.6 Å². The molecule has 0 unspecified atom stereocenters. The summed E-state index contributed by atoms with van der Waals surface area (Å²) in [7, 11) is 0. The van der Waals surface area contributed by atoms with Crippen LogP contribution in [0.3, 0.4) is 0 Å². The van der Waals surface area contributed by atoms with E-state index in [1.165, 1.54) is 12.1 Å². The van der Waals surface area contributed by atoms with E-state index >= 15 is 0 Å². The van der Waals surface area contributed by atoms with Gasteiger partial charge in [0.15, 0.2) is 12.4 Å². The molecule has 0 aliphatic carbocycles. The second-order valence-electron chi connectivity index (χ2n) is 4.38. The molecule has 4 nitrogen and oxygen atoms in total. The average molecular weight is 302 g/mol. The van der Waals surface area contributed by atoms with Crippen LogP contribution >= 0.6 is 11.3 Å². The predicted molar refractivity (Wildman–Crippen MR) is 82.0 cm³/mol. The minimum Gasteiger partial charge on any atom is -0.482 e. The first-order valence-corrected chi connectivity index (χ1v) is 7.15. The minimum atomic E-state index is -1.06. The van der Waals surface area contributed by atoms with Crippen molar-refractivity contribution in [2.45, 2.75) is 6.92 Å². The number of carboxylic acids is 1. The van der Waals surface area contributed by atoms with E-state index in [9.17, 15) is 9.59 Å². The van der Waals surface area contributed by atoms with Gasteiger partial charge >= 0.3 is 5.97 Å². The number of carbonyl (C=O) groups is 2. The van der Waals surface area contributed by atoms with Crippen LogP contribution in [0.2, 0.25) is 0 Å². The summed E-state index contributed by atoms with van der Waals surface area (Å²) in [6.07, 6.45) is 3.29. The van der Waals surface area contributed by atoms with Gasteiger partial charge in [0.25, 0.3) is 0 Å². The number of rotatable bonds is 6. The lowest BCUT2D eigenvalue weighted by Gasteiger charge is -2.04. The molecule has 2 aromatic rings. The van der Waals surface area contributed by atoms with Crippen molar-refractivity contribution < 1.29 is 19.4 Å². The predicted octanol–water partition coefficient (Wildman–Crippen LogP) is 3.42. The lowest BCUT2D eigenvalue weighted by Crippen LogP contribution is -2.09. The Bertz CT molecular complexity index is 685. The van der Waals surface area contributed by atoms with Crippen LogP contribution in [0.15, 0.2) is 41.8 Å². The summed E-state index contributed by atoms with van der Waals surface area (Å²) < 4.78 is 5.05. The molecule has 1 aromatic heterocycles. The molecule has 0 atom stereocenters. The molecule has 5 heteroatoms. The van der Waals surface area contributed by atoms with Crippen LogP contribution in [-0.4, -0.2) is 23.5 Å². The van der Waals surface area contributed by atoms with Crippen molar-refractivity contribution in [3.8, 4) is 5.75 Å². The first kappa shape index (κ1) is 15.0. The fraction of sp³-hybridized carbons (Fsp3) is 0.125. The number of allylic oxidation sites excluding steroid dienone is 1. The average Bonchev–Trinajstić information content (AvgIpc) is 2.88. The number of carboxylic acid groups (broad SMARTS) is 1. The summed E-state index contributed by atoms with van der Waals surface area (Å²) in [5.41, 5.74) is 1.59. The zero-order chi connectivity index (χ0) is 15.2. The highest BCUT2D eigenvalue weighted by Crippen LogP contribution is 2.18. The van der Waals surface area contributed by atoms with Crippen molar-refractivity contribution in [2.75, 3.05) is 6.61 Å². The van der Waals surface area contributed by atoms with E-state index in [4.69, 9.17) is 9.84 Å². The van der Waals surface area contributed by atoms with Crippen LogP contribution in [0.25, 0.3) is 6.08 Å². The summed E-state index contributed by atoms with van der Waals surface area (Å²) in [6, 6.07) is 8.48. The van der Waals surface area contributed by atoms with Gasteiger partial charge in [0.05, 0.1) is 0 Å². The zero-order valence-corrected chi connectivity index (χ0v) is 12.2. The Balaban J connectivity index is 2.09. The van der Waals surface area contributed by atoms with Crippen molar-refractivity contribution in [2.24, 2.45) is 0 Å². The summed E-state index contributed by atoms with van der Waals surface area (Å²) in [4.78, 5) is 23.6. The van der Waals surface area contributed by atoms with Crippen molar-refractivity contribution in [1.29, 1.82) is 0 Å². The van der Waals surface area contributed by atoms with Gasteiger partial charge in [-0.15, -0.1) is 11.3 Å². The van der Waals surface area contributed by atoms with Gasteiger partial charge in [0, 0.05) is 10.4 Å². The number of hydrogen-bond acceptors (Lipinski definition) is 4. The first-order chi connectivity index (χ1) is 10.1. The smallest absolute Gasteiger partial charge is 0.341 e. The molecule has 1 N–H and O–H groups in total. The van der Waals surface area contributed by atoms with Gasteiger partial charge < -0.3 is 9.84 Å². The molecule has 0 fully saturated rings. The van der Waals surface area contributed by atoms with E-state index in [0.717, 1.165) is 10.4 Å². The molecule has 0 radical (unpaired) electrons. The number of carbonyl (C=O) groups excluding carboxylic acids is 1. The zero-order valence-electron chi connectivity index (χ0n) is 11.4. The van der Waals surface area contributed by atoms with Crippen LogP contribution in [0.4, 0.5) is 0 Å². The third-order valence-corrected chi connectivity index (χ3v) is 3.75. The highest BCUT2D eigenvalue weighted by atomic mass is 32.1. The SMILES string of the molecule is Cc1ccsc1/C=C/C(=O)c1cccc(OCC(=O)O)c1. The quantitative estimate of drug-likeness (QED) is 0.656. The van der Waals surface area contributed by atoms with Gasteiger partial charge in [-0.1, -0.05) is 12.1 Å². The molecule has 2 rings (SSSR count). The van der Waals surface area contributed by atoms with Crippen LogP contribution < -0.4 is 4.74 Å². The number of hydrogen-bond donors (Lipinski definition) is 1. The van der Waals surface area contributed by atoms with Crippen molar-refractivity contribution >= 4 is 29.2 Å². The number of ether oxygens (including phenoxy) is 1. The summed E-state index contributed by atoms with van der Waals surface area (Å²) in [6.45, 7) is 1.56. The van der Waals surface area contributed by atoms with E-state index < -0.39 is 12.6 Å². The number of aliphatic carboxylic acids is 1. The Labute approximate surface area is 126 Å². The fourth-order valence-electron chi connectivity index (χ4n) is 1.69. The Morgan fingerprint density at radius 1 is 1.33 bits per heavy atom. The maximum absolute atomic E-state index is 12.1. The van der Waals surface area contributed by atoms with Gasteiger partial charge in [-0.2, -0.15) is 0 Å². The molecule has 0 aliphatic rings. The molecular weight excluding hydrogens is 288 g/mol. The molecule has 0 saturated heterocycles. The topological polar surface area (TPSA) is 63.6 Å². The molecule has 21 heavy (non-hydrogen) atoms. The van der Waals surface area contributed by atoms with Crippen LogP contribution in [0, 0.1) is 6.92 Å². The third kappa shape index (κ3) is 4.29. The molecule has 1 heterocycles. The van der Waals surface area contributed by atoms with Crippen LogP contribution in [-0.2, 0) is 4.79 Å². The van der Waals surface area contributed by atoms with Gasteiger partial charge in [0.2, 0.25) is 0 Å². The molecule has 0 amide bonds. The van der Waals surface area contributed by atoms with E-state index in [-0.39, 0.29) is 5.78 Å². The molecule has 0 saturated carbocycles. The lowest BCUT2D eigenvalue weighted by molar-refractivity contribution is -0.139. The van der Waals surface area contributed by atoms with Crippen LogP contribution in [0.1, 0.15) is 20.8 Å². The minimum absolute atomic E-state index is 0.149. The summed E-state index contributed by atoms with van der Waals surface area (Å²) in [5, 5.41) is 10.5. The Kier molecular flexibility index (Phi) is 4.90. The molecular formula is C16H14O4S. The molecule has 1 aromatic carbocycles. The Hall–Kier alpha value is -2.40. The van der Waals surface area contributed by atoms with Crippen molar-refractivity contribution in [3.63, 3.8) is 0 Å². The monoisotopic (exact) mass is 302 g/mol. The first-order valence-electron chi connectivity index (χ1n) is 6.27. The maximum Gasteiger partial charge on any atom is 0.341 e. The number of ketones is 1. The van der Waals surface area contributed by atoms with Gasteiger partial charge in [0.1, 0.15) is 5.75 Å².